The van der Waals surface area contributed by atoms with Crippen molar-refractivity contribution in [2.24, 2.45) is 0 Å². The molecule has 3 nitrogen and oxygen atoms in total. The first-order valence-electron chi connectivity index (χ1n) is 7.08. The lowest BCUT2D eigenvalue weighted by atomic mass is 9.92. The molecule has 1 aliphatic carbocycles. The van der Waals surface area contributed by atoms with E-state index in [2.05, 4.69) is 16.4 Å². The molecule has 1 atom stereocenters. The third-order valence-electron chi connectivity index (χ3n) is 3.61. The highest BCUT2D eigenvalue weighted by atomic mass is 16.5. The van der Waals surface area contributed by atoms with Crippen LogP contribution >= 0.6 is 0 Å². The van der Waals surface area contributed by atoms with Gasteiger partial charge in [0.1, 0.15) is 0 Å². The van der Waals surface area contributed by atoms with Crippen LogP contribution in [0.15, 0.2) is 18.3 Å². The maximum atomic E-state index is 5.05. The van der Waals surface area contributed by atoms with Crippen molar-refractivity contribution in [3.63, 3.8) is 0 Å². The molecule has 1 aromatic rings. The Balaban J connectivity index is 1.74. The molecule has 1 heterocycles. The minimum atomic E-state index is 0.470. The summed E-state index contributed by atoms with van der Waals surface area (Å²) in [5, 5.41) is 3.65. The van der Waals surface area contributed by atoms with Gasteiger partial charge in [0.05, 0.1) is 5.69 Å². The van der Waals surface area contributed by atoms with E-state index in [4.69, 9.17) is 4.74 Å². The predicted molar refractivity (Wildman–Crippen MR) is 73.6 cm³/mol. The van der Waals surface area contributed by atoms with Crippen LogP contribution < -0.4 is 5.32 Å². The van der Waals surface area contributed by atoms with Crippen molar-refractivity contribution in [2.45, 2.75) is 44.6 Å². The van der Waals surface area contributed by atoms with Gasteiger partial charge in [-0.1, -0.05) is 6.07 Å². The first-order chi connectivity index (χ1) is 8.92. The lowest BCUT2D eigenvalue weighted by molar-refractivity contribution is 0.192. The van der Waals surface area contributed by atoms with Crippen LogP contribution in [0.25, 0.3) is 0 Å². The maximum absolute atomic E-state index is 5.05. The van der Waals surface area contributed by atoms with Crippen LogP contribution in [0.4, 0.5) is 0 Å². The molecule has 2 rings (SSSR count). The Bertz CT molecular complexity index is 354. The number of methoxy groups -OCH3 is 1. The second-order valence-corrected chi connectivity index (χ2v) is 5.00. The minimum absolute atomic E-state index is 0.470. The third-order valence-corrected chi connectivity index (χ3v) is 3.61. The van der Waals surface area contributed by atoms with E-state index in [0.717, 1.165) is 19.6 Å². The molecule has 1 aliphatic rings. The molecule has 0 saturated heterocycles. The van der Waals surface area contributed by atoms with Crippen molar-refractivity contribution >= 4 is 0 Å². The van der Waals surface area contributed by atoms with Crippen LogP contribution in [0.5, 0.6) is 0 Å². The van der Waals surface area contributed by atoms with Crippen molar-refractivity contribution in [2.75, 3.05) is 20.3 Å². The first kappa shape index (κ1) is 13.5. The number of hydrogen-bond donors (Lipinski definition) is 1. The molecule has 18 heavy (non-hydrogen) atoms. The van der Waals surface area contributed by atoms with Crippen molar-refractivity contribution in [3.8, 4) is 0 Å². The smallest absolute Gasteiger partial charge is 0.0605 e. The fourth-order valence-corrected chi connectivity index (χ4v) is 2.63. The summed E-state index contributed by atoms with van der Waals surface area (Å²) in [7, 11) is 1.77. The van der Waals surface area contributed by atoms with E-state index in [-0.39, 0.29) is 0 Å². The number of unbranched alkanes of at least 4 members (excludes halogenated alkanes) is 2. The van der Waals surface area contributed by atoms with Gasteiger partial charge in [0.2, 0.25) is 0 Å². The molecule has 0 amide bonds. The van der Waals surface area contributed by atoms with E-state index >= 15 is 0 Å². The Morgan fingerprint density at radius 2 is 2.33 bits per heavy atom. The van der Waals surface area contributed by atoms with Crippen LogP contribution in [0, 0.1) is 0 Å². The van der Waals surface area contributed by atoms with Crippen molar-refractivity contribution in [3.05, 3.63) is 29.6 Å². The molecule has 0 radical (unpaired) electrons. The normalized spacial score (nSPS) is 18.6. The zero-order valence-corrected chi connectivity index (χ0v) is 11.3. The van der Waals surface area contributed by atoms with E-state index in [9.17, 15) is 0 Å². The predicted octanol–water partition coefficient (Wildman–Crippen LogP) is 2.87. The van der Waals surface area contributed by atoms with Gasteiger partial charge in [0.25, 0.3) is 0 Å². The SMILES string of the molecule is COCCCCCNC1CCCc2cccnc21. The standard InChI is InChI=1S/C15H24N2O/c1-18-12-4-2-3-10-16-14-9-5-7-13-8-6-11-17-15(13)14/h6,8,11,14,16H,2-5,7,9-10,12H2,1H3. The zero-order chi connectivity index (χ0) is 12.6. The summed E-state index contributed by atoms with van der Waals surface area (Å²) in [4.78, 5) is 4.55. The molecule has 1 N–H and O–H groups in total. The van der Waals surface area contributed by atoms with Gasteiger partial charge in [-0.3, -0.25) is 4.98 Å². The molecule has 0 aromatic carbocycles. The van der Waals surface area contributed by atoms with Crippen LogP contribution in [-0.2, 0) is 11.2 Å². The summed E-state index contributed by atoms with van der Waals surface area (Å²) in [5.74, 6) is 0. The van der Waals surface area contributed by atoms with Gasteiger partial charge in [0, 0.05) is 26.0 Å². The second kappa shape index (κ2) is 7.49. The number of fused-ring (bicyclic) bond motifs is 1. The van der Waals surface area contributed by atoms with Gasteiger partial charge in [-0.05, 0) is 56.7 Å². The van der Waals surface area contributed by atoms with E-state index in [0.29, 0.717) is 6.04 Å². The monoisotopic (exact) mass is 248 g/mol. The highest BCUT2D eigenvalue weighted by Crippen LogP contribution is 2.27. The molecule has 0 aliphatic heterocycles. The average Bonchev–Trinajstić information content (AvgIpc) is 2.43. The number of hydrogen-bond acceptors (Lipinski definition) is 3. The molecule has 1 unspecified atom stereocenters. The lowest BCUT2D eigenvalue weighted by Gasteiger charge is -2.25. The summed E-state index contributed by atoms with van der Waals surface area (Å²) in [6.45, 7) is 1.97. The van der Waals surface area contributed by atoms with E-state index < -0.39 is 0 Å². The molecule has 100 valence electrons. The van der Waals surface area contributed by atoms with E-state index in [1.54, 1.807) is 7.11 Å². The van der Waals surface area contributed by atoms with Crippen LogP contribution in [0.3, 0.4) is 0 Å². The van der Waals surface area contributed by atoms with Gasteiger partial charge < -0.3 is 10.1 Å². The van der Waals surface area contributed by atoms with E-state index in [1.807, 2.05) is 12.3 Å². The fraction of sp³-hybridized carbons (Fsp3) is 0.667. The number of nitrogens with one attached hydrogen (secondary N) is 1. The molecule has 0 saturated carbocycles. The average molecular weight is 248 g/mol. The van der Waals surface area contributed by atoms with Gasteiger partial charge in [-0.15, -0.1) is 0 Å². The number of nitrogens with zero attached hydrogens (tertiary/aromatic N) is 1. The Morgan fingerprint density at radius 1 is 1.39 bits per heavy atom. The number of ether oxygens (including phenoxy) is 1. The molecular weight excluding hydrogens is 224 g/mol. The van der Waals surface area contributed by atoms with Crippen LogP contribution in [0.1, 0.15) is 49.4 Å². The van der Waals surface area contributed by atoms with Gasteiger partial charge >= 0.3 is 0 Å². The first-order valence-corrected chi connectivity index (χ1v) is 7.08. The third kappa shape index (κ3) is 3.79. The van der Waals surface area contributed by atoms with Gasteiger partial charge in [-0.2, -0.15) is 0 Å². The lowest BCUT2D eigenvalue weighted by Crippen LogP contribution is -2.27. The van der Waals surface area contributed by atoms with Crippen LogP contribution in [0.2, 0.25) is 0 Å². The Labute approximate surface area is 110 Å². The molecular formula is C15H24N2O. The quantitative estimate of drug-likeness (QED) is 0.753. The number of aromatic nitrogens is 1. The fourth-order valence-electron chi connectivity index (χ4n) is 2.63. The Morgan fingerprint density at radius 3 is 3.22 bits per heavy atom. The highest BCUT2D eigenvalue weighted by Gasteiger charge is 2.19. The summed E-state index contributed by atoms with van der Waals surface area (Å²) >= 11 is 0. The number of rotatable bonds is 7. The molecule has 0 fully saturated rings. The van der Waals surface area contributed by atoms with Gasteiger partial charge in [-0.25, -0.2) is 0 Å². The molecule has 0 spiro atoms. The summed E-state index contributed by atoms with van der Waals surface area (Å²) in [6.07, 6.45) is 9.23. The van der Waals surface area contributed by atoms with Gasteiger partial charge in [0.15, 0.2) is 0 Å². The topological polar surface area (TPSA) is 34.1 Å². The largest absolute Gasteiger partial charge is 0.385 e. The van der Waals surface area contributed by atoms with Crippen LogP contribution in [-0.4, -0.2) is 25.2 Å². The number of pyridine rings is 1. The summed E-state index contributed by atoms with van der Waals surface area (Å²) < 4.78 is 5.05. The summed E-state index contributed by atoms with van der Waals surface area (Å²) in [6, 6.07) is 4.73. The van der Waals surface area contributed by atoms with Crippen molar-refractivity contribution in [1.82, 2.24) is 10.3 Å². The molecule has 3 heteroatoms. The Kier molecular flexibility index (Phi) is 5.62. The maximum Gasteiger partial charge on any atom is 0.0605 e. The molecule has 0 bridgehead atoms. The number of aryl methyl sites for hydroxylation is 1. The van der Waals surface area contributed by atoms with Crippen molar-refractivity contribution < 1.29 is 4.74 Å². The summed E-state index contributed by atoms with van der Waals surface area (Å²) in [5.41, 5.74) is 2.71. The van der Waals surface area contributed by atoms with E-state index in [1.165, 1.54) is 43.4 Å². The highest BCUT2D eigenvalue weighted by molar-refractivity contribution is 5.25. The Hall–Kier alpha value is -0.930. The van der Waals surface area contributed by atoms with Crippen molar-refractivity contribution in [1.29, 1.82) is 0 Å². The zero-order valence-electron chi connectivity index (χ0n) is 11.3. The molecule has 1 aromatic heterocycles. The second-order valence-electron chi connectivity index (χ2n) is 5.00. The minimum Gasteiger partial charge on any atom is -0.385 e.